The van der Waals surface area contributed by atoms with Gasteiger partial charge in [-0.25, -0.2) is 0 Å². The molecule has 0 spiro atoms. The second kappa shape index (κ2) is 5.30. The Labute approximate surface area is 134 Å². The SMILES string of the molecule is CCC(Sc1ccccc1)C(=O)N1C[C@@]2(C)C[C@@]2(C(=O)O)C1. The molecule has 1 N–H and O–H groups in total. The van der Waals surface area contributed by atoms with Crippen LogP contribution in [0.4, 0.5) is 0 Å². The van der Waals surface area contributed by atoms with Crippen LogP contribution in [-0.4, -0.2) is 40.2 Å². The van der Waals surface area contributed by atoms with Crippen molar-refractivity contribution in [2.24, 2.45) is 10.8 Å². The third-order valence-corrected chi connectivity index (χ3v) is 6.48. The summed E-state index contributed by atoms with van der Waals surface area (Å²) in [6, 6.07) is 9.89. The fourth-order valence-corrected chi connectivity index (χ4v) is 4.67. The summed E-state index contributed by atoms with van der Waals surface area (Å²) in [5, 5.41) is 9.32. The number of carbonyl (C=O) groups excluding carboxylic acids is 1. The lowest BCUT2D eigenvalue weighted by molar-refractivity contribution is -0.144. The second-order valence-electron chi connectivity index (χ2n) is 6.65. The Morgan fingerprint density at radius 1 is 1.32 bits per heavy atom. The minimum atomic E-state index is -0.755. The van der Waals surface area contributed by atoms with Gasteiger partial charge < -0.3 is 10.0 Å². The maximum Gasteiger partial charge on any atom is 0.312 e. The van der Waals surface area contributed by atoms with Crippen LogP contribution >= 0.6 is 11.8 Å². The quantitative estimate of drug-likeness (QED) is 0.848. The van der Waals surface area contributed by atoms with E-state index in [-0.39, 0.29) is 16.6 Å². The number of hydrogen-bond donors (Lipinski definition) is 1. The fourth-order valence-electron chi connectivity index (χ4n) is 3.61. The molecule has 3 rings (SSSR count). The summed E-state index contributed by atoms with van der Waals surface area (Å²) < 4.78 is 0. The Morgan fingerprint density at radius 3 is 2.55 bits per heavy atom. The molecule has 1 saturated carbocycles. The predicted molar refractivity (Wildman–Crippen MR) is 85.8 cm³/mol. The zero-order valence-corrected chi connectivity index (χ0v) is 13.7. The number of carbonyl (C=O) groups is 2. The lowest BCUT2D eigenvalue weighted by atomic mass is 9.99. The molecule has 118 valence electrons. The third-order valence-electron chi connectivity index (χ3n) is 5.11. The van der Waals surface area contributed by atoms with Gasteiger partial charge in [-0.15, -0.1) is 11.8 Å². The smallest absolute Gasteiger partial charge is 0.312 e. The summed E-state index contributed by atoms with van der Waals surface area (Å²) >= 11 is 1.57. The van der Waals surface area contributed by atoms with E-state index in [1.54, 1.807) is 16.7 Å². The van der Waals surface area contributed by atoms with E-state index < -0.39 is 11.4 Å². The van der Waals surface area contributed by atoms with Gasteiger partial charge in [0, 0.05) is 23.4 Å². The number of aliphatic carboxylic acids is 1. The molecule has 1 aliphatic carbocycles. The first-order chi connectivity index (χ1) is 10.4. The predicted octanol–water partition coefficient (Wildman–Crippen LogP) is 2.88. The zero-order chi connectivity index (χ0) is 16.0. The Kier molecular flexibility index (Phi) is 3.71. The van der Waals surface area contributed by atoms with Gasteiger partial charge >= 0.3 is 5.97 Å². The van der Waals surface area contributed by atoms with Crippen molar-refractivity contribution in [2.75, 3.05) is 13.1 Å². The van der Waals surface area contributed by atoms with Crippen LogP contribution in [0.3, 0.4) is 0 Å². The molecular formula is C17H21NO3S. The molecule has 0 aromatic heterocycles. The average Bonchev–Trinajstić information content (AvgIpc) is 2.99. The number of fused-ring (bicyclic) bond motifs is 1. The van der Waals surface area contributed by atoms with Crippen LogP contribution in [0, 0.1) is 10.8 Å². The first-order valence-corrected chi connectivity index (χ1v) is 8.54. The average molecular weight is 319 g/mol. The van der Waals surface area contributed by atoms with Crippen LogP contribution in [0.1, 0.15) is 26.7 Å². The lowest BCUT2D eigenvalue weighted by Crippen LogP contribution is -2.39. The molecule has 2 aliphatic rings. The highest BCUT2D eigenvalue weighted by Gasteiger charge is 2.74. The number of carboxylic acid groups (broad SMARTS) is 1. The highest BCUT2D eigenvalue weighted by atomic mass is 32.2. The summed E-state index contributed by atoms with van der Waals surface area (Å²) in [4.78, 5) is 27.1. The molecule has 22 heavy (non-hydrogen) atoms. The Bertz CT molecular complexity index is 605. The zero-order valence-electron chi connectivity index (χ0n) is 12.9. The van der Waals surface area contributed by atoms with Crippen LogP contribution in [0.15, 0.2) is 35.2 Å². The van der Waals surface area contributed by atoms with E-state index in [9.17, 15) is 14.7 Å². The third kappa shape index (κ3) is 2.32. The lowest BCUT2D eigenvalue weighted by Gasteiger charge is -2.25. The van der Waals surface area contributed by atoms with Crippen LogP contribution in [-0.2, 0) is 9.59 Å². The summed E-state index contributed by atoms with van der Waals surface area (Å²) in [5.74, 6) is -0.681. The number of rotatable bonds is 5. The van der Waals surface area contributed by atoms with Gasteiger partial charge in [0.1, 0.15) is 0 Å². The van der Waals surface area contributed by atoms with Crippen LogP contribution in [0.25, 0.3) is 0 Å². The Morgan fingerprint density at radius 2 is 2.00 bits per heavy atom. The normalized spacial score (nSPS) is 30.7. The minimum Gasteiger partial charge on any atom is -0.481 e. The van der Waals surface area contributed by atoms with Gasteiger partial charge in [-0.3, -0.25) is 9.59 Å². The number of thioether (sulfide) groups is 1. The summed E-state index contributed by atoms with van der Waals surface area (Å²) in [7, 11) is 0. The molecule has 2 fully saturated rings. The van der Waals surface area contributed by atoms with Crippen molar-refractivity contribution in [1.29, 1.82) is 0 Å². The molecule has 1 aliphatic heterocycles. The Hall–Kier alpha value is -1.49. The molecular weight excluding hydrogens is 298 g/mol. The standard InChI is InChI=1S/C17H21NO3S/c1-3-13(22-12-7-5-4-6-8-12)14(19)18-10-16(2)9-17(16,11-18)15(20)21/h4-8,13H,3,9-11H2,1-2H3,(H,20,21)/t13?,16-,17+/m1/s1. The van der Waals surface area contributed by atoms with E-state index in [1.165, 1.54) is 0 Å². The molecule has 1 amide bonds. The molecule has 1 aromatic carbocycles. The summed E-state index contributed by atoms with van der Waals surface area (Å²) in [6.07, 6.45) is 1.44. The van der Waals surface area contributed by atoms with Crippen molar-refractivity contribution in [3.8, 4) is 0 Å². The van der Waals surface area contributed by atoms with Gasteiger partial charge in [0.2, 0.25) is 5.91 Å². The van der Waals surface area contributed by atoms with E-state index in [0.29, 0.717) is 19.5 Å². The van der Waals surface area contributed by atoms with Gasteiger partial charge in [0.05, 0.1) is 10.7 Å². The highest BCUT2D eigenvalue weighted by Crippen LogP contribution is 2.68. The topological polar surface area (TPSA) is 57.6 Å². The van der Waals surface area contributed by atoms with Crippen molar-refractivity contribution in [1.82, 2.24) is 4.90 Å². The monoisotopic (exact) mass is 319 g/mol. The molecule has 4 nitrogen and oxygen atoms in total. The van der Waals surface area contributed by atoms with Crippen LogP contribution in [0.2, 0.25) is 0 Å². The van der Waals surface area contributed by atoms with E-state index >= 15 is 0 Å². The Balaban J connectivity index is 1.70. The summed E-state index contributed by atoms with van der Waals surface area (Å²) in [5.41, 5.74) is -0.928. The van der Waals surface area contributed by atoms with Gasteiger partial charge in [0.15, 0.2) is 0 Å². The molecule has 1 heterocycles. The molecule has 3 atom stereocenters. The van der Waals surface area contributed by atoms with E-state index in [4.69, 9.17) is 0 Å². The van der Waals surface area contributed by atoms with E-state index in [1.807, 2.05) is 44.2 Å². The molecule has 1 saturated heterocycles. The number of piperidine rings is 1. The molecule has 0 radical (unpaired) electrons. The van der Waals surface area contributed by atoms with Crippen molar-refractivity contribution in [3.05, 3.63) is 30.3 Å². The second-order valence-corrected chi connectivity index (χ2v) is 7.92. The largest absolute Gasteiger partial charge is 0.481 e. The van der Waals surface area contributed by atoms with Crippen molar-refractivity contribution in [3.63, 3.8) is 0 Å². The maximum atomic E-state index is 12.8. The maximum absolute atomic E-state index is 12.8. The van der Waals surface area contributed by atoms with Gasteiger partial charge in [-0.1, -0.05) is 32.0 Å². The molecule has 1 unspecified atom stereocenters. The van der Waals surface area contributed by atoms with E-state index in [2.05, 4.69) is 0 Å². The van der Waals surface area contributed by atoms with Crippen molar-refractivity contribution < 1.29 is 14.7 Å². The first-order valence-electron chi connectivity index (χ1n) is 7.66. The molecule has 0 bridgehead atoms. The summed E-state index contributed by atoms with van der Waals surface area (Å²) in [6.45, 7) is 4.93. The number of nitrogens with zero attached hydrogens (tertiary/aromatic N) is 1. The number of hydrogen-bond acceptors (Lipinski definition) is 3. The minimum absolute atomic E-state index is 0.0744. The van der Waals surface area contributed by atoms with Crippen molar-refractivity contribution >= 4 is 23.6 Å². The molecule has 5 heteroatoms. The number of benzene rings is 1. The van der Waals surface area contributed by atoms with Crippen LogP contribution in [0.5, 0.6) is 0 Å². The van der Waals surface area contributed by atoms with Gasteiger partial charge in [-0.05, 0) is 25.0 Å². The molecule has 1 aromatic rings. The van der Waals surface area contributed by atoms with Gasteiger partial charge in [0.25, 0.3) is 0 Å². The van der Waals surface area contributed by atoms with Crippen molar-refractivity contribution in [2.45, 2.75) is 36.8 Å². The first kappa shape index (κ1) is 15.4. The van der Waals surface area contributed by atoms with Crippen LogP contribution < -0.4 is 0 Å². The number of likely N-dealkylation sites (tertiary alicyclic amines) is 1. The van der Waals surface area contributed by atoms with Gasteiger partial charge in [-0.2, -0.15) is 0 Å². The highest BCUT2D eigenvalue weighted by molar-refractivity contribution is 8.00. The fraction of sp³-hybridized carbons (Fsp3) is 0.529. The number of amides is 1. The van der Waals surface area contributed by atoms with E-state index in [0.717, 1.165) is 11.3 Å². The number of carboxylic acids is 1.